The van der Waals surface area contributed by atoms with Gasteiger partial charge in [0.05, 0.1) is 0 Å². The highest BCUT2D eigenvalue weighted by molar-refractivity contribution is 5.85. The predicted molar refractivity (Wildman–Crippen MR) is 83.3 cm³/mol. The largest absolute Gasteiger partial charge is 0.356 e. The molecular formula is C13H27Cl2N3O. The lowest BCUT2D eigenvalue weighted by atomic mass is 10.1. The van der Waals surface area contributed by atoms with Gasteiger partial charge in [-0.1, -0.05) is 6.92 Å². The first-order valence-corrected chi connectivity index (χ1v) is 6.87. The Bertz CT molecular complexity index is 275. The Balaban J connectivity index is 0.00000162. The maximum Gasteiger partial charge on any atom is 0.224 e. The van der Waals surface area contributed by atoms with Gasteiger partial charge in [-0.05, 0) is 38.8 Å². The van der Waals surface area contributed by atoms with E-state index >= 15 is 0 Å². The molecule has 114 valence electrons. The summed E-state index contributed by atoms with van der Waals surface area (Å²) in [6.45, 7) is 6.00. The first-order chi connectivity index (χ1) is 8.20. The highest BCUT2D eigenvalue weighted by atomic mass is 35.5. The Labute approximate surface area is 128 Å². The first kappa shape index (κ1) is 19.0. The Hall–Kier alpha value is -0.0300. The van der Waals surface area contributed by atoms with Crippen molar-refractivity contribution in [1.82, 2.24) is 15.5 Å². The van der Waals surface area contributed by atoms with Crippen LogP contribution in [0.4, 0.5) is 0 Å². The van der Waals surface area contributed by atoms with Crippen molar-refractivity contribution in [1.29, 1.82) is 0 Å². The standard InChI is InChI=1S/C13H25N3O.2ClH/c1-10(7-14-2)13(17)15-8-11-5-6-16(9-11)12-3-4-12;;/h10-12,14H,3-9H2,1-2H3,(H,15,17);2*1H. The van der Waals surface area contributed by atoms with Gasteiger partial charge in [0, 0.05) is 31.6 Å². The summed E-state index contributed by atoms with van der Waals surface area (Å²) in [6, 6.07) is 0.874. The molecule has 1 aliphatic carbocycles. The lowest BCUT2D eigenvalue weighted by molar-refractivity contribution is -0.124. The van der Waals surface area contributed by atoms with Crippen molar-refractivity contribution >= 4 is 30.7 Å². The van der Waals surface area contributed by atoms with Gasteiger partial charge < -0.3 is 15.5 Å². The maximum atomic E-state index is 11.8. The highest BCUT2D eigenvalue weighted by Gasteiger charge is 2.34. The van der Waals surface area contributed by atoms with Crippen LogP contribution in [0.5, 0.6) is 0 Å². The van der Waals surface area contributed by atoms with Gasteiger partial charge in [-0.3, -0.25) is 4.79 Å². The molecule has 1 amide bonds. The molecule has 0 radical (unpaired) electrons. The van der Waals surface area contributed by atoms with Crippen molar-refractivity contribution in [2.24, 2.45) is 11.8 Å². The minimum atomic E-state index is 0. The predicted octanol–water partition coefficient (Wildman–Crippen LogP) is 1.29. The van der Waals surface area contributed by atoms with Crippen LogP contribution in [0.3, 0.4) is 0 Å². The smallest absolute Gasteiger partial charge is 0.224 e. The number of carbonyl (C=O) groups is 1. The number of likely N-dealkylation sites (tertiary alicyclic amines) is 1. The van der Waals surface area contributed by atoms with Crippen LogP contribution >= 0.6 is 24.8 Å². The van der Waals surface area contributed by atoms with Crippen molar-refractivity contribution < 1.29 is 4.79 Å². The molecule has 6 heteroatoms. The van der Waals surface area contributed by atoms with Gasteiger partial charge in [-0.2, -0.15) is 0 Å². The molecule has 1 aliphatic heterocycles. The Morgan fingerprint density at radius 2 is 2.00 bits per heavy atom. The molecule has 19 heavy (non-hydrogen) atoms. The number of nitrogens with zero attached hydrogens (tertiary/aromatic N) is 1. The summed E-state index contributed by atoms with van der Waals surface area (Å²) in [5.74, 6) is 0.923. The summed E-state index contributed by atoms with van der Waals surface area (Å²) >= 11 is 0. The lowest BCUT2D eigenvalue weighted by Gasteiger charge is -2.16. The van der Waals surface area contributed by atoms with Gasteiger partial charge in [-0.15, -0.1) is 24.8 Å². The fraction of sp³-hybridized carbons (Fsp3) is 0.923. The van der Waals surface area contributed by atoms with Gasteiger partial charge in [-0.25, -0.2) is 0 Å². The average molecular weight is 312 g/mol. The number of hydrogen-bond donors (Lipinski definition) is 2. The molecule has 2 aliphatic rings. The van der Waals surface area contributed by atoms with Crippen molar-refractivity contribution in [3.05, 3.63) is 0 Å². The maximum absolute atomic E-state index is 11.8. The Morgan fingerprint density at radius 1 is 1.32 bits per heavy atom. The SMILES string of the molecule is CNCC(C)C(=O)NCC1CCN(C2CC2)C1.Cl.Cl. The minimum Gasteiger partial charge on any atom is -0.356 e. The zero-order valence-electron chi connectivity index (χ0n) is 11.9. The molecule has 0 bridgehead atoms. The molecule has 4 nitrogen and oxygen atoms in total. The second kappa shape index (κ2) is 9.01. The van der Waals surface area contributed by atoms with E-state index in [9.17, 15) is 4.79 Å². The molecule has 2 N–H and O–H groups in total. The van der Waals surface area contributed by atoms with E-state index in [0.717, 1.165) is 19.1 Å². The van der Waals surface area contributed by atoms with Gasteiger partial charge >= 0.3 is 0 Å². The highest BCUT2D eigenvalue weighted by Crippen LogP contribution is 2.31. The molecular weight excluding hydrogens is 285 g/mol. The van der Waals surface area contributed by atoms with Crippen LogP contribution in [0.1, 0.15) is 26.2 Å². The molecule has 0 aromatic heterocycles. The topological polar surface area (TPSA) is 44.4 Å². The lowest BCUT2D eigenvalue weighted by Crippen LogP contribution is -2.37. The van der Waals surface area contributed by atoms with E-state index in [1.54, 1.807) is 0 Å². The molecule has 0 aromatic rings. The third-order valence-corrected chi connectivity index (χ3v) is 3.90. The molecule has 0 aromatic carbocycles. The molecule has 2 fully saturated rings. The fourth-order valence-electron chi connectivity index (χ4n) is 2.62. The van der Waals surface area contributed by atoms with E-state index in [4.69, 9.17) is 0 Å². The van der Waals surface area contributed by atoms with Crippen molar-refractivity contribution in [3.63, 3.8) is 0 Å². The van der Waals surface area contributed by atoms with Crippen molar-refractivity contribution in [2.75, 3.05) is 33.2 Å². The number of amides is 1. The second-order valence-corrected chi connectivity index (χ2v) is 5.58. The summed E-state index contributed by atoms with van der Waals surface area (Å²) in [7, 11) is 1.88. The van der Waals surface area contributed by atoms with Crippen LogP contribution in [-0.2, 0) is 4.79 Å². The Kier molecular flexibility index (Phi) is 8.99. The van der Waals surface area contributed by atoms with E-state index in [2.05, 4.69) is 15.5 Å². The third kappa shape index (κ3) is 5.86. The second-order valence-electron chi connectivity index (χ2n) is 5.58. The average Bonchev–Trinajstić information content (AvgIpc) is 3.06. The first-order valence-electron chi connectivity index (χ1n) is 6.87. The van der Waals surface area contributed by atoms with Gasteiger partial charge in [0.25, 0.3) is 0 Å². The quantitative estimate of drug-likeness (QED) is 0.777. The van der Waals surface area contributed by atoms with Gasteiger partial charge in [0.2, 0.25) is 5.91 Å². The van der Waals surface area contributed by atoms with E-state index in [0.29, 0.717) is 5.92 Å². The van der Waals surface area contributed by atoms with Crippen molar-refractivity contribution in [2.45, 2.75) is 32.2 Å². The number of halogens is 2. The zero-order chi connectivity index (χ0) is 12.3. The van der Waals surface area contributed by atoms with Gasteiger partial charge in [0.15, 0.2) is 0 Å². The van der Waals surface area contributed by atoms with Crippen LogP contribution in [0.15, 0.2) is 0 Å². The normalized spacial score (nSPS) is 24.2. The molecule has 2 rings (SSSR count). The van der Waals surface area contributed by atoms with Crippen LogP contribution in [0.25, 0.3) is 0 Å². The molecule has 2 atom stereocenters. The van der Waals surface area contributed by atoms with E-state index in [1.807, 2.05) is 14.0 Å². The van der Waals surface area contributed by atoms with Gasteiger partial charge in [0.1, 0.15) is 0 Å². The van der Waals surface area contributed by atoms with E-state index in [1.165, 1.54) is 32.4 Å². The van der Waals surface area contributed by atoms with Crippen LogP contribution < -0.4 is 10.6 Å². The summed E-state index contributed by atoms with van der Waals surface area (Å²) in [4.78, 5) is 14.3. The minimum absolute atomic E-state index is 0. The van der Waals surface area contributed by atoms with Crippen LogP contribution in [0.2, 0.25) is 0 Å². The molecule has 0 spiro atoms. The monoisotopic (exact) mass is 311 g/mol. The van der Waals surface area contributed by atoms with Crippen molar-refractivity contribution in [3.8, 4) is 0 Å². The molecule has 1 heterocycles. The molecule has 2 unspecified atom stereocenters. The fourth-order valence-corrected chi connectivity index (χ4v) is 2.62. The number of hydrogen-bond acceptors (Lipinski definition) is 3. The summed E-state index contributed by atoms with van der Waals surface area (Å²) < 4.78 is 0. The number of nitrogens with one attached hydrogen (secondary N) is 2. The van der Waals surface area contributed by atoms with E-state index < -0.39 is 0 Å². The van der Waals surface area contributed by atoms with E-state index in [-0.39, 0.29) is 36.6 Å². The number of rotatable bonds is 6. The number of carbonyl (C=O) groups excluding carboxylic acids is 1. The molecule has 1 saturated carbocycles. The Morgan fingerprint density at radius 3 is 2.58 bits per heavy atom. The van der Waals surface area contributed by atoms with Crippen LogP contribution in [0, 0.1) is 11.8 Å². The molecule has 1 saturated heterocycles. The summed E-state index contributed by atoms with van der Waals surface area (Å²) in [6.07, 6.45) is 4.02. The van der Waals surface area contributed by atoms with Crippen LogP contribution in [-0.4, -0.2) is 50.1 Å². The zero-order valence-corrected chi connectivity index (χ0v) is 13.5. The third-order valence-electron chi connectivity index (χ3n) is 3.90. The summed E-state index contributed by atoms with van der Waals surface area (Å²) in [5.41, 5.74) is 0. The summed E-state index contributed by atoms with van der Waals surface area (Å²) in [5, 5.41) is 6.12.